The summed E-state index contributed by atoms with van der Waals surface area (Å²) >= 11 is 0. The summed E-state index contributed by atoms with van der Waals surface area (Å²) in [7, 11) is 1.56. The predicted molar refractivity (Wildman–Crippen MR) is 55.1 cm³/mol. The van der Waals surface area contributed by atoms with Crippen LogP contribution in [0.3, 0.4) is 0 Å². The third-order valence-corrected chi connectivity index (χ3v) is 2.00. The quantitative estimate of drug-likeness (QED) is 0.513. The minimum absolute atomic E-state index is 0.835. The van der Waals surface area contributed by atoms with Gasteiger partial charge in [0.15, 0.2) is 0 Å². The van der Waals surface area contributed by atoms with Crippen LogP contribution in [0.4, 0.5) is 0 Å². The first-order chi connectivity index (χ1) is 6.24. The molecule has 13 heavy (non-hydrogen) atoms. The molecule has 0 radical (unpaired) electrons. The van der Waals surface area contributed by atoms with Crippen molar-refractivity contribution < 1.29 is 4.84 Å². The van der Waals surface area contributed by atoms with Gasteiger partial charge in [0, 0.05) is 12.6 Å². The molecule has 0 spiro atoms. The van der Waals surface area contributed by atoms with E-state index < -0.39 is 0 Å². The predicted octanol–water partition coefficient (Wildman–Crippen LogP) is 2.48. The van der Waals surface area contributed by atoms with Crippen molar-refractivity contribution in [3.63, 3.8) is 0 Å². The number of rotatable bonds is 3. The number of hydrogen-bond donors (Lipinski definition) is 0. The van der Waals surface area contributed by atoms with E-state index in [1.807, 2.05) is 0 Å². The molecule has 0 saturated carbocycles. The molecule has 0 atom stereocenters. The molecule has 0 N–H and O–H groups in total. The summed E-state index contributed by atoms with van der Waals surface area (Å²) in [5, 5.41) is 3.71. The number of aryl methyl sites for hydroxylation is 2. The highest BCUT2D eigenvalue weighted by atomic mass is 16.6. The van der Waals surface area contributed by atoms with Gasteiger partial charge in [-0.05, 0) is 25.0 Å². The zero-order valence-electron chi connectivity index (χ0n) is 8.37. The third-order valence-electron chi connectivity index (χ3n) is 2.00. The lowest BCUT2D eigenvalue weighted by Gasteiger charge is -2.02. The Kier molecular flexibility index (Phi) is 3.50. The Hall–Kier alpha value is -1.31. The first-order valence-electron chi connectivity index (χ1n) is 4.35. The van der Waals surface area contributed by atoms with Crippen LogP contribution in [0, 0.1) is 13.8 Å². The third kappa shape index (κ3) is 2.90. The Morgan fingerprint density at radius 2 is 2.15 bits per heavy atom. The van der Waals surface area contributed by atoms with Gasteiger partial charge in [0.1, 0.15) is 7.11 Å². The maximum atomic E-state index is 4.60. The lowest BCUT2D eigenvalue weighted by Crippen LogP contribution is -1.91. The molecule has 0 fully saturated rings. The molecule has 1 rings (SSSR count). The van der Waals surface area contributed by atoms with Gasteiger partial charge in [-0.15, -0.1) is 0 Å². The van der Waals surface area contributed by atoms with Crippen LogP contribution in [0.25, 0.3) is 0 Å². The van der Waals surface area contributed by atoms with Crippen LogP contribution in [0.15, 0.2) is 23.4 Å². The van der Waals surface area contributed by atoms with Crippen molar-refractivity contribution in [2.75, 3.05) is 7.11 Å². The molecule has 0 saturated heterocycles. The summed E-state index contributed by atoms with van der Waals surface area (Å²) in [4.78, 5) is 4.60. The Labute approximate surface area is 79.2 Å². The standard InChI is InChI=1S/C11H15NO/c1-9-4-5-10(2)11(8-9)6-7-12-13-3/h4-5,7-8H,6H2,1-3H3. The van der Waals surface area contributed by atoms with Gasteiger partial charge in [0.25, 0.3) is 0 Å². The molecule has 1 aromatic rings. The van der Waals surface area contributed by atoms with Gasteiger partial charge >= 0.3 is 0 Å². The van der Waals surface area contributed by atoms with Gasteiger partial charge in [-0.1, -0.05) is 28.9 Å². The van der Waals surface area contributed by atoms with Gasteiger partial charge in [0.2, 0.25) is 0 Å². The average Bonchev–Trinajstić information content (AvgIpc) is 2.11. The van der Waals surface area contributed by atoms with E-state index in [-0.39, 0.29) is 0 Å². The normalized spacial score (nSPS) is 10.7. The van der Waals surface area contributed by atoms with Crippen molar-refractivity contribution in [3.8, 4) is 0 Å². The summed E-state index contributed by atoms with van der Waals surface area (Å²) in [5.41, 5.74) is 3.89. The van der Waals surface area contributed by atoms with E-state index in [4.69, 9.17) is 0 Å². The fourth-order valence-corrected chi connectivity index (χ4v) is 1.23. The first-order valence-corrected chi connectivity index (χ1v) is 4.35. The van der Waals surface area contributed by atoms with Gasteiger partial charge in [0.05, 0.1) is 0 Å². The Morgan fingerprint density at radius 1 is 1.38 bits per heavy atom. The van der Waals surface area contributed by atoms with Crippen molar-refractivity contribution >= 4 is 6.21 Å². The van der Waals surface area contributed by atoms with E-state index in [0.717, 1.165) is 6.42 Å². The molecule has 0 bridgehead atoms. The van der Waals surface area contributed by atoms with E-state index in [2.05, 4.69) is 42.0 Å². The highest BCUT2D eigenvalue weighted by Gasteiger charge is 1.96. The fourth-order valence-electron chi connectivity index (χ4n) is 1.23. The molecule has 1 aromatic carbocycles. The first kappa shape index (κ1) is 9.78. The van der Waals surface area contributed by atoms with Gasteiger partial charge in [-0.3, -0.25) is 0 Å². The molecule has 0 amide bonds. The molecular formula is C11H15NO. The summed E-state index contributed by atoms with van der Waals surface area (Å²) in [6.07, 6.45) is 2.61. The molecular weight excluding hydrogens is 162 g/mol. The highest BCUT2D eigenvalue weighted by Crippen LogP contribution is 2.10. The Morgan fingerprint density at radius 3 is 2.85 bits per heavy atom. The fraction of sp³-hybridized carbons (Fsp3) is 0.364. The van der Waals surface area contributed by atoms with Crippen LogP contribution in [0.5, 0.6) is 0 Å². The number of oxime groups is 1. The molecule has 2 nitrogen and oxygen atoms in total. The van der Waals surface area contributed by atoms with Crippen molar-refractivity contribution in [3.05, 3.63) is 34.9 Å². The maximum absolute atomic E-state index is 4.60. The zero-order chi connectivity index (χ0) is 9.68. The van der Waals surface area contributed by atoms with Crippen LogP contribution in [0.2, 0.25) is 0 Å². The number of benzene rings is 1. The largest absolute Gasteiger partial charge is 0.399 e. The van der Waals surface area contributed by atoms with E-state index in [0.29, 0.717) is 0 Å². The SMILES string of the molecule is CON=CCc1cc(C)ccc1C. The lowest BCUT2D eigenvalue weighted by atomic mass is 10.0. The van der Waals surface area contributed by atoms with Crippen molar-refractivity contribution in [2.24, 2.45) is 5.16 Å². The van der Waals surface area contributed by atoms with Crippen molar-refractivity contribution in [1.29, 1.82) is 0 Å². The summed E-state index contributed by atoms with van der Waals surface area (Å²) < 4.78 is 0. The second-order valence-corrected chi connectivity index (χ2v) is 3.10. The van der Waals surface area contributed by atoms with Crippen LogP contribution >= 0.6 is 0 Å². The molecule has 2 heteroatoms. The molecule has 0 aromatic heterocycles. The second-order valence-electron chi connectivity index (χ2n) is 3.10. The minimum Gasteiger partial charge on any atom is -0.399 e. The minimum atomic E-state index is 0.835. The number of hydrogen-bond acceptors (Lipinski definition) is 2. The summed E-state index contributed by atoms with van der Waals surface area (Å²) in [5.74, 6) is 0. The van der Waals surface area contributed by atoms with Crippen molar-refractivity contribution in [1.82, 2.24) is 0 Å². The van der Waals surface area contributed by atoms with E-state index in [1.165, 1.54) is 16.7 Å². The molecule has 0 aliphatic heterocycles. The van der Waals surface area contributed by atoms with Crippen LogP contribution in [-0.2, 0) is 11.3 Å². The highest BCUT2D eigenvalue weighted by molar-refractivity contribution is 5.61. The Balaban J connectivity index is 2.75. The number of nitrogens with zero attached hydrogens (tertiary/aromatic N) is 1. The smallest absolute Gasteiger partial charge is 0.106 e. The van der Waals surface area contributed by atoms with Gasteiger partial charge in [-0.25, -0.2) is 0 Å². The summed E-state index contributed by atoms with van der Waals surface area (Å²) in [6, 6.07) is 6.43. The van der Waals surface area contributed by atoms with Crippen LogP contribution < -0.4 is 0 Å². The van der Waals surface area contributed by atoms with Crippen LogP contribution in [-0.4, -0.2) is 13.3 Å². The van der Waals surface area contributed by atoms with E-state index in [9.17, 15) is 0 Å². The maximum Gasteiger partial charge on any atom is 0.106 e. The lowest BCUT2D eigenvalue weighted by molar-refractivity contribution is 0.215. The molecule has 0 heterocycles. The molecule has 0 unspecified atom stereocenters. The zero-order valence-corrected chi connectivity index (χ0v) is 8.37. The van der Waals surface area contributed by atoms with Crippen molar-refractivity contribution in [2.45, 2.75) is 20.3 Å². The summed E-state index contributed by atoms with van der Waals surface area (Å²) in [6.45, 7) is 4.20. The van der Waals surface area contributed by atoms with E-state index in [1.54, 1.807) is 13.3 Å². The van der Waals surface area contributed by atoms with Gasteiger partial charge < -0.3 is 4.84 Å². The second kappa shape index (κ2) is 4.65. The average molecular weight is 177 g/mol. The van der Waals surface area contributed by atoms with Gasteiger partial charge in [-0.2, -0.15) is 0 Å². The van der Waals surface area contributed by atoms with Crippen LogP contribution in [0.1, 0.15) is 16.7 Å². The monoisotopic (exact) mass is 177 g/mol. The topological polar surface area (TPSA) is 21.6 Å². The van der Waals surface area contributed by atoms with E-state index >= 15 is 0 Å². The molecule has 0 aliphatic rings. The molecule has 70 valence electrons. The molecule has 0 aliphatic carbocycles. The Bertz CT molecular complexity index is 305.